The van der Waals surface area contributed by atoms with Gasteiger partial charge in [-0.05, 0) is 24.1 Å². The maximum Gasteiger partial charge on any atom is 0.254 e. The molecule has 5 nitrogen and oxygen atoms in total. The van der Waals surface area contributed by atoms with E-state index in [9.17, 15) is 4.79 Å². The van der Waals surface area contributed by atoms with Gasteiger partial charge in [-0.15, -0.1) is 0 Å². The summed E-state index contributed by atoms with van der Waals surface area (Å²) in [6.45, 7) is 0.567. The lowest BCUT2D eigenvalue weighted by Crippen LogP contribution is -2.25. The van der Waals surface area contributed by atoms with E-state index < -0.39 is 0 Å². The summed E-state index contributed by atoms with van der Waals surface area (Å²) < 4.78 is 0. The lowest BCUT2D eigenvalue weighted by atomic mass is 10.1. The number of benzene rings is 1. The van der Waals surface area contributed by atoms with Crippen LogP contribution < -0.4 is 11.1 Å². The third kappa shape index (κ3) is 3.28. The monoisotopic (exact) mass is 242 g/mol. The minimum atomic E-state index is -0.161. The van der Waals surface area contributed by atoms with Crippen molar-refractivity contribution in [3.63, 3.8) is 0 Å². The quantitative estimate of drug-likeness (QED) is 0.785. The molecule has 0 aliphatic carbocycles. The highest BCUT2D eigenvalue weighted by Crippen LogP contribution is 2.05. The zero-order valence-corrected chi connectivity index (χ0v) is 9.84. The van der Waals surface area contributed by atoms with Crippen LogP contribution in [0.4, 0.5) is 5.69 Å². The zero-order valence-electron chi connectivity index (χ0n) is 9.84. The number of carbonyl (C=O) groups is 1. The topological polar surface area (TPSA) is 80.9 Å². The summed E-state index contributed by atoms with van der Waals surface area (Å²) in [6.07, 6.45) is 5.14. The summed E-state index contributed by atoms with van der Waals surface area (Å²) in [4.78, 5) is 19.3. The molecular weight excluding hydrogens is 228 g/mol. The number of hydrogen-bond acceptors (Lipinski definition) is 4. The van der Waals surface area contributed by atoms with Crippen molar-refractivity contribution in [1.82, 2.24) is 15.3 Å². The smallest absolute Gasteiger partial charge is 0.254 e. The van der Waals surface area contributed by atoms with Crippen molar-refractivity contribution >= 4 is 11.6 Å². The molecule has 0 spiro atoms. The highest BCUT2D eigenvalue weighted by molar-refractivity contribution is 5.93. The van der Waals surface area contributed by atoms with E-state index in [1.807, 2.05) is 24.3 Å². The van der Waals surface area contributed by atoms with Gasteiger partial charge in [-0.25, -0.2) is 9.97 Å². The van der Waals surface area contributed by atoms with E-state index in [4.69, 9.17) is 5.73 Å². The summed E-state index contributed by atoms with van der Waals surface area (Å²) >= 11 is 0. The van der Waals surface area contributed by atoms with Crippen LogP contribution in [0.15, 0.2) is 43.0 Å². The summed E-state index contributed by atoms with van der Waals surface area (Å²) in [5.74, 6) is -0.161. The molecule has 2 aromatic rings. The Morgan fingerprint density at radius 3 is 2.50 bits per heavy atom. The minimum Gasteiger partial charge on any atom is -0.399 e. The standard InChI is InChI=1S/C13H14N4O/c14-12-3-1-10(2-4-12)5-6-17-13(18)11-7-15-9-16-8-11/h1-4,7-9H,5-6,14H2,(H,17,18). The van der Waals surface area contributed by atoms with Gasteiger partial charge in [0.15, 0.2) is 0 Å². The normalized spacial score (nSPS) is 10.0. The first kappa shape index (κ1) is 12.0. The molecule has 0 radical (unpaired) electrons. The van der Waals surface area contributed by atoms with Gasteiger partial charge >= 0.3 is 0 Å². The third-order valence-corrected chi connectivity index (χ3v) is 2.50. The maximum atomic E-state index is 11.7. The van der Waals surface area contributed by atoms with Crippen LogP contribution in [0.25, 0.3) is 0 Å². The number of nitrogen functional groups attached to an aromatic ring is 1. The number of rotatable bonds is 4. The molecule has 1 amide bonds. The number of hydrogen-bond donors (Lipinski definition) is 2. The van der Waals surface area contributed by atoms with E-state index in [1.54, 1.807) is 0 Å². The Bertz CT molecular complexity index is 510. The summed E-state index contributed by atoms with van der Waals surface area (Å²) in [5, 5.41) is 2.81. The van der Waals surface area contributed by atoms with E-state index in [2.05, 4.69) is 15.3 Å². The van der Waals surface area contributed by atoms with Crippen molar-refractivity contribution in [2.75, 3.05) is 12.3 Å². The van der Waals surface area contributed by atoms with Crippen molar-refractivity contribution < 1.29 is 4.79 Å². The first-order valence-corrected chi connectivity index (χ1v) is 5.63. The Hall–Kier alpha value is -2.43. The van der Waals surface area contributed by atoms with Gasteiger partial charge < -0.3 is 11.1 Å². The Balaban J connectivity index is 1.82. The number of nitrogens with two attached hydrogens (primary N) is 1. The first-order valence-electron chi connectivity index (χ1n) is 5.63. The Kier molecular flexibility index (Phi) is 3.86. The van der Waals surface area contributed by atoms with Crippen LogP contribution in [-0.2, 0) is 6.42 Å². The molecule has 0 atom stereocenters. The van der Waals surface area contributed by atoms with Crippen LogP contribution >= 0.6 is 0 Å². The van der Waals surface area contributed by atoms with Crippen molar-refractivity contribution in [3.8, 4) is 0 Å². The maximum absolute atomic E-state index is 11.7. The summed E-state index contributed by atoms with van der Waals surface area (Å²) in [7, 11) is 0. The Morgan fingerprint density at radius 1 is 1.17 bits per heavy atom. The highest BCUT2D eigenvalue weighted by atomic mass is 16.1. The van der Waals surface area contributed by atoms with E-state index >= 15 is 0 Å². The zero-order chi connectivity index (χ0) is 12.8. The molecule has 18 heavy (non-hydrogen) atoms. The molecule has 0 saturated carbocycles. The molecule has 0 saturated heterocycles. The fourth-order valence-corrected chi connectivity index (χ4v) is 1.52. The predicted octanol–water partition coefficient (Wildman–Crippen LogP) is 1.03. The second kappa shape index (κ2) is 5.77. The number of aromatic nitrogens is 2. The number of anilines is 1. The molecule has 0 unspecified atom stereocenters. The molecule has 1 aromatic carbocycles. The Morgan fingerprint density at radius 2 is 1.83 bits per heavy atom. The molecule has 92 valence electrons. The average Bonchev–Trinajstić information content (AvgIpc) is 2.42. The fourth-order valence-electron chi connectivity index (χ4n) is 1.52. The Labute approximate surface area is 105 Å². The van der Waals surface area contributed by atoms with Gasteiger partial charge in [0.2, 0.25) is 0 Å². The van der Waals surface area contributed by atoms with Crippen molar-refractivity contribution in [2.45, 2.75) is 6.42 Å². The molecule has 5 heteroatoms. The van der Waals surface area contributed by atoms with Crippen LogP contribution in [0.5, 0.6) is 0 Å². The van der Waals surface area contributed by atoms with Crippen molar-refractivity contribution in [3.05, 3.63) is 54.1 Å². The van der Waals surface area contributed by atoms with Crippen LogP contribution in [0, 0.1) is 0 Å². The van der Waals surface area contributed by atoms with Gasteiger partial charge in [-0.2, -0.15) is 0 Å². The van der Waals surface area contributed by atoms with Crippen molar-refractivity contribution in [2.24, 2.45) is 0 Å². The number of amides is 1. The molecule has 0 aliphatic rings. The second-order valence-corrected chi connectivity index (χ2v) is 3.87. The summed E-state index contributed by atoms with van der Waals surface area (Å²) in [6, 6.07) is 7.60. The van der Waals surface area contributed by atoms with Crippen LogP contribution in [0.3, 0.4) is 0 Å². The highest BCUT2D eigenvalue weighted by Gasteiger charge is 2.04. The third-order valence-electron chi connectivity index (χ3n) is 2.50. The molecule has 1 aromatic heterocycles. The van der Waals surface area contributed by atoms with E-state index in [1.165, 1.54) is 18.7 Å². The molecule has 1 heterocycles. The molecule has 0 aliphatic heterocycles. The van der Waals surface area contributed by atoms with E-state index in [0.717, 1.165) is 17.7 Å². The van der Waals surface area contributed by atoms with Gasteiger partial charge in [0.05, 0.1) is 5.56 Å². The number of nitrogens with zero attached hydrogens (tertiary/aromatic N) is 2. The average molecular weight is 242 g/mol. The lowest BCUT2D eigenvalue weighted by molar-refractivity contribution is 0.0953. The SMILES string of the molecule is Nc1ccc(CCNC(=O)c2cncnc2)cc1. The van der Waals surface area contributed by atoms with Gasteiger partial charge in [-0.3, -0.25) is 4.79 Å². The van der Waals surface area contributed by atoms with Crippen LogP contribution in [0.2, 0.25) is 0 Å². The van der Waals surface area contributed by atoms with Gasteiger partial charge in [0.25, 0.3) is 5.91 Å². The molecular formula is C13H14N4O. The lowest BCUT2D eigenvalue weighted by Gasteiger charge is -2.05. The van der Waals surface area contributed by atoms with E-state index in [-0.39, 0.29) is 5.91 Å². The molecule has 2 rings (SSSR count). The second-order valence-electron chi connectivity index (χ2n) is 3.87. The van der Waals surface area contributed by atoms with Crippen LogP contribution in [0.1, 0.15) is 15.9 Å². The molecule has 0 fully saturated rings. The van der Waals surface area contributed by atoms with Gasteiger partial charge in [0, 0.05) is 24.6 Å². The number of nitrogens with one attached hydrogen (secondary N) is 1. The van der Waals surface area contributed by atoms with Crippen molar-refractivity contribution in [1.29, 1.82) is 0 Å². The number of carbonyl (C=O) groups excluding carboxylic acids is 1. The largest absolute Gasteiger partial charge is 0.399 e. The van der Waals surface area contributed by atoms with Gasteiger partial charge in [-0.1, -0.05) is 12.1 Å². The van der Waals surface area contributed by atoms with Gasteiger partial charge in [0.1, 0.15) is 6.33 Å². The predicted molar refractivity (Wildman–Crippen MR) is 68.9 cm³/mol. The first-order chi connectivity index (χ1) is 8.75. The molecule has 3 N–H and O–H groups in total. The molecule has 0 bridgehead atoms. The minimum absolute atomic E-state index is 0.161. The fraction of sp³-hybridized carbons (Fsp3) is 0.154. The van der Waals surface area contributed by atoms with Crippen LogP contribution in [-0.4, -0.2) is 22.4 Å². The van der Waals surface area contributed by atoms with E-state index in [0.29, 0.717) is 12.1 Å². The summed E-state index contributed by atoms with van der Waals surface area (Å²) in [5.41, 5.74) is 7.94.